The van der Waals surface area contributed by atoms with Gasteiger partial charge in [0, 0.05) is 31.5 Å². The molecule has 0 radical (unpaired) electrons. The number of thioether (sulfide) groups is 1. The lowest BCUT2D eigenvalue weighted by molar-refractivity contribution is -0.117. The van der Waals surface area contributed by atoms with Gasteiger partial charge in [0.25, 0.3) is 0 Å². The minimum atomic E-state index is -0.0335. The van der Waals surface area contributed by atoms with Crippen molar-refractivity contribution >= 4 is 23.5 Å². The summed E-state index contributed by atoms with van der Waals surface area (Å²) in [6, 6.07) is 8.04. The summed E-state index contributed by atoms with van der Waals surface area (Å²) in [5.74, 6) is 1.31. The Hall–Kier alpha value is -2.67. The predicted molar refractivity (Wildman–Crippen MR) is 115 cm³/mol. The number of carbonyl (C=O) groups excluding carboxylic acids is 2. The molecule has 6 nitrogen and oxygen atoms in total. The van der Waals surface area contributed by atoms with Crippen LogP contribution in [-0.2, 0) is 29.0 Å². The molecule has 0 bridgehead atoms. The van der Waals surface area contributed by atoms with E-state index in [0.717, 1.165) is 28.7 Å². The Labute approximate surface area is 175 Å². The summed E-state index contributed by atoms with van der Waals surface area (Å²) in [4.78, 5) is 24.4. The number of rotatable bonds is 10. The first-order chi connectivity index (χ1) is 14.1. The van der Waals surface area contributed by atoms with Gasteiger partial charge in [0.2, 0.25) is 5.91 Å². The second kappa shape index (κ2) is 10.2. The lowest BCUT2D eigenvalue weighted by atomic mass is 10.1. The van der Waals surface area contributed by atoms with E-state index < -0.39 is 0 Å². The van der Waals surface area contributed by atoms with Crippen LogP contribution in [0.15, 0.2) is 53.2 Å². The lowest BCUT2D eigenvalue weighted by Crippen LogP contribution is -2.27. The topological polar surface area (TPSA) is 76.9 Å². The van der Waals surface area contributed by atoms with Crippen LogP contribution in [0.4, 0.5) is 0 Å². The van der Waals surface area contributed by atoms with E-state index >= 15 is 0 Å². The number of benzene rings is 1. The normalized spacial score (nSPS) is 12.8. The fraction of sp³-hybridized carbons (Fsp3) is 0.364. The van der Waals surface area contributed by atoms with Crippen LogP contribution in [0.2, 0.25) is 0 Å². The van der Waals surface area contributed by atoms with Crippen molar-refractivity contribution in [3.05, 3.63) is 65.0 Å². The van der Waals surface area contributed by atoms with Crippen LogP contribution in [0.25, 0.3) is 0 Å². The van der Waals surface area contributed by atoms with Crippen LogP contribution in [-0.4, -0.2) is 38.8 Å². The third-order valence-corrected chi connectivity index (χ3v) is 5.72. The smallest absolute Gasteiger partial charge is 0.247 e. The van der Waals surface area contributed by atoms with Crippen LogP contribution in [0.3, 0.4) is 0 Å². The molecule has 0 aliphatic heterocycles. The summed E-state index contributed by atoms with van der Waals surface area (Å²) < 4.78 is 2.01. The maximum atomic E-state index is 12.3. The summed E-state index contributed by atoms with van der Waals surface area (Å²) in [5, 5.41) is 12.2. The molecule has 152 valence electrons. The number of allylic oxidation sites excluding steroid dienone is 3. The van der Waals surface area contributed by atoms with Crippen molar-refractivity contribution in [2.45, 2.75) is 44.8 Å². The number of carbonyl (C=O) groups is 2. The minimum absolute atomic E-state index is 0.0335. The molecule has 1 aromatic heterocycles. The maximum absolute atomic E-state index is 12.3. The van der Waals surface area contributed by atoms with Crippen LogP contribution < -0.4 is 5.32 Å². The molecule has 1 heterocycles. The Balaban J connectivity index is 1.48. The highest BCUT2D eigenvalue weighted by Gasteiger charge is 2.15. The highest BCUT2D eigenvalue weighted by Crippen LogP contribution is 2.18. The molecule has 2 aromatic rings. The quantitative estimate of drug-likeness (QED) is 0.609. The average molecular weight is 411 g/mol. The molecular formula is C22H26N4O2S. The zero-order valence-corrected chi connectivity index (χ0v) is 17.7. The van der Waals surface area contributed by atoms with Crippen molar-refractivity contribution in [2.24, 2.45) is 0 Å². The summed E-state index contributed by atoms with van der Waals surface area (Å²) in [5.41, 5.74) is 3.00. The number of nitrogens with zero attached hydrogens (tertiary/aromatic N) is 3. The molecule has 0 spiro atoms. The van der Waals surface area contributed by atoms with E-state index in [0.29, 0.717) is 31.6 Å². The van der Waals surface area contributed by atoms with E-state index in [9.17, 15) is 9.59 Å². The number of ketones is 1. The largest absolute Gasteiger partial charge is 0.352 e. The van der Waals surface area contributed by atoms with E-state index in [4.69, 9.17) is 0 Å². The maximum Gasteiger partial charge on any atom is 0.247 e. The van der Waals surface area contributed by atoms with Gasteiger partial charge in [-0.1, -0.05) is 59.8 Å². The van der Waals surface area contributed by atoms with Crippen LogP contribution in [0.5, 0.6) is 0 Å². The van der Waals surface area contributed by atoms with Crippen molar-refractivity contribution in [3.8, 4) is 0 Å². The average Bonchev–Trinajstić information content (AvgIpc) is 3.38. The molecule has 1 amide bonds. The number of hydrogen-bond donors (Lipinski definition) is 1. The van der Waals surface area contributed by atoms with Crippen LogP contribution in [0.1, 0.15) is 30.3 Å². The lowest BCUT2D eigenvalue weighted by Gasteiger charge is -2.08. The third kappa shape index (κ3) is 5.90. The number of Topliss-reactive ketones (excluding diaryl/α,β-unsaturated/α-hetero) is 1. The summed E-state index contributed by atoms with van der Waals surface area (Å²) in [7, 11) is 0. The molecular weight excluding hydrogens is 384 g/mol. The second-order valence-electron chi connectivity index (χ2n) is 6.96. The fourth-order valence-corrected chi connectivity index (χ4v) is 3.96. The van der Waals surface area contributed by atoms with Gasteiger partial charge in [-0.25, -0.2) is 0 Å². The SMILES string of the molecule is CCn1c(CCNC(=O)C2=CC=CC2)nnc1SCC(=O)Cc1ccc(C)cc1. The highest BCUT2D eigenvalue weighted by molar-refractivity contribution is 7.99. The monoisotopic (exact) mass is 410 g/mol. The molecule has 0 saturated carbocycles. The molecule has 0 unspecified atom stereocenters. The van der Waals surface area contributed by atoms with Gasteiger partial charge in [0.15, 0.2) is 5.16 Å². The van der Waals surface area contributed by atoms with Crippen molar-refractivity contribution in [2.75, 3.05) is 12.3 Å². The first kappa shape index (κ1) is 21.0. The minimum Gasteiger partial charge on any atom is -0.352 e. The molecule has 0 fully saturated rings. The number of amides is 1. The van der Waals surface area contributed by atoms with E-state index in [2.05, 4.69) is 15.5 Å². The molecule has 1 aliphatic rings. The Morgan fingerprint density at radius 2 is 2.00 bits per heavy atom. The number of nitrogens with one attached hydrogen (secondary N) is 1. The zero-order valence-electron chi connectivity index (χ0n) is 16.9. The summed E-state index contributed by atoms with van der Waals surface area (Å²) in [6.45, 7) is 5.29. The van der Waals surface area contributed by atoms with Crippen molar-refractivity contribution < 1.29 is 9.59 Å². The zero-order chi connectivity index (χ0) is 20.6. The second-order valence-corrected chi connectivity index (χ2v) is 7.91. The highest BCUT2D eigenvalue weighted by atomic mass is 32.2. The number of hydrogen-bond acceptors (Lipinski definition) is 5. The fourth-order valence-electron chi connectivity index (χ4n) is 3.08. The molecule has 0 saturated heterocycles. The number of aryl methyl sites for hydroxylation is 1. The molecule has 3 rings (SSSR count). The van der Waals surface area contributed by atoms with Crippen molar-refractivity contribution in [1.29, 1.82) is 0 Å². The number of aromatic nitrogens is 3. The standard InChI is InChI=1S/C22H26N4O2S/c1-3-26-20(12-13-23-21(28)18-6-4-5-7-18)24-25-22(26)29-15-19(27)14-17-10-8-16(2)9-11-17/h4-6,8-11H,3,7,12-15H2,1-2H3,(H,23,28). The predicted octanol–water partition coefficient (Wildman–Crippen LogP) is 3.06. The Bertz CT molecular complexity index is 929. The van der Waals surface area contributed by atoms with Gasteiger partial charge in [-0.3, -0.25) is 9.59 Å². The van der Waals surface area contributed by atoms with E-state index in [1.54, 1.807) is 0 Å². The first-order valence-corrected chi connectivity index (χ1v) is 10.8. The van der Waals surface area contributed by atoms with Gasteiger partial charge < -0.3 is 9.88 Å². The Morgan fingerprint density at radius 1 is 1.21 bits per heavy atom. The third-order valence-electron chi connectivity index (χ3n) is 4.69. The van der Waals surface area contributed by atoms with Gasteiger partial charge in [0.1, 0.15) is 11.6 Å². The molecule has 29 heavy (non-hydrogen) atoms. The summed E-state index contributed by atoms with van der Waals surface area (Å²) >= 11 is 1.42. The summed E-state index contributed by atoms with van der Waals surface area (Å²) in [6.07, 6.45) is 7.42. The molecule has 1 aliphatic carbocycles. The van der Waals surface area contributed by atoms with E-state index in [1.165, 1.54) is 17.3 Å². The Kier molecular flexibility index (Phi) is 7.41. The van der Waals surface area contributed by atoms with Crippen molar-refractivity contribution in [1.82, 2.24) is 20.1 Å². The van der Waals surface area contributed by atoms with E-state index in [1.807, 2.05) is 60.9 Å². The van der Waals surface area contributed by atoms with Gasteiger partial charge in [0.05, 0.1) is 5.75 Å². The molecule has 1 N–H and O–H groups in total. The first-order valence-electron chi connectivity index (χ1n) is 9.83. The van der Waals surface area contributed by atoms with Gasteiger partial charge in [-0.2, -0.15) is 0 Å². The van der Waals surface area contributed by atoms with Gasteiger partial charge in [-0.05, 0) is 25.8 Å². The molecule has 1 aromatic carbocycles. The molecule has 7 heteroatoms. The van der Waals surface area contributed by atoms with Crippen LogP contribution >= 0.6 is 11.8 Å². The Morgan fingerprint density at radius 3 is 2.69 bits per heavy atom. The van der Waals surface area contributed by atoms with Gasteiger partial charge in [-0.15, -0.1) is 10.2 Å². The van der Waals surface area contributed by atoms with E-state index in [-0.39, 0.29) is 11.7 Å². The van der Waals surface area contributed by atoms with Crippen LogP contribution in [0, 0.1) is 6.92 Å². The van der Waals surface area contributed by atoms with Gasteiger partial charge >= 0.3 is 0 Å². The van der Waals surface area contributed by atoms with Crippen molar-refractivity contribution in [3.63, 3.8) is 0 Å². The molecule has 0 atom stereocenters.